The molecule has 1 aromatic heterocycles. The Balaban J connectivity index is 1.90. The second kappa shape index (κ2) is 10.0. The van der Waals surface area contributed by atoms with Gasteiger partial charge in [0.2, 0.25) is 5.91 Å². The Bertz CT molecular complexity index is 1040. The number of esters is 1. The number of nitrogens with one attached hydrogen (secondary N) is 1. The molecule has 2 amide bonds. The molecular formula is C24H24N2O4S. The first-order valence-electron chi connectivity index (χ1n) is 9.92. The molecule has 0 spiro atoms. The van der Waals surface area contributed by atoms with Gasteiger partial charge in [0.05, 0.1) is 17.0 Å². The van der Waals surface area contributed by atoms with E-state index in [0.29, 0.717) is 5.56 Å². The average molecular weight is 437 g/mol. The second-order valence-electron chi connectivity index (χ2n) is 6.97. The van der Waals surface area contributed by atoms with Gasteiger partial charge in [-0.05, 0) is 30.5 Å². The number of hydrogen-bond donors (Lipinski definition) is 2. The molecule has 3 N–H and O–H groups in total. The summed E-state index contributed by atoms with van der Waals surface area (Å²) in [7, 11) is 0. The van der Waals surface area contributed by atoms with Crippen molar-refractivity contribution in [1.82, 2.24) is 0 Å². The molecule has 2 aromatic carbocycles. The summed E-state index contributed by atoms with van der Waals surface area (Å²) in [5, 5.41) is 3.08. The SMILES string of the molecule is CCOC(=O)c1c(NC(=O)CC(c2ccccc2)c2ccccc2)sc(C(N)=O)c1C. The molecular weight excluding hydrogens is 412 g/mol. The highest BCUT2D eigenvalue weighted by Gasteiger charge is 2.26. The molecule has 3 rings (SSSR count). The van der Waals surface area contributed by atoms with E-state index in [1.54, 1.807) is 13.8 Å². The molecule has 0 atom stereocenters. The fraction of sp³-hybridized carbons (Fsp3) is 0.208. The van der Waals surface area contributed by atoms with Gasteiger partial charge in [-0.1, -0.05) is 60.7 Å². The van der Waals surface area contributed by atoms with Crippen LogP contribution in [0.15, 0.2) is 60.7 Å². The average Bonchev–Trinajstić information content (AvgIpc) is 3.09. The molecule has 31 heavy (non-hydrogen) atoms. The van der Waals surface area contributed by atoms with E-state index < -0.39 is 11.9 Å². The zero-order valence-electron chi connectivity index (χ0n) is 17.4. The van der Waals surface area contributed by atoms with Gasteiger partial charge in [-0.15, -0.1) is 11.3 Å². The van der Waals surface area contributed by atoms with Crippen molar-refractivity contribution < 1.29 is 19.1 Å². The summed E-state index contributed by atoms with van der Waals surface area (Å²) in [6.07, 6.45) is 0.166. The van der Waals surface area contributed by atoms with Gasteiger partial charge in [0.1, 0.15) is 5.00 Å². The van der Waals surface area contributed by atoms with Crippen molar-refractivity contribution in [3.8, 4) is 0 Å². The zero-order valence-corrected chi connectivity index (χ0v) is 18.2. The van der Waals surface area contributed by atoms with Crippen molar-refractivity contribution in [2.24, 2.45) is 5.73 Å². The maximum absolute atomic E-state index is 13.0. The number of rotatable bonds is 8. The van der Waals surface area contributed by atoms with Gasteiger partial charge < -0.3 is 15.8 Å². The van der Waals surface area contributed by atoms with Gasteiger partial charge >= 0.3 is 5.97 Å². The normalized spacial score (nSPS) is 10.7. The fourth-order valence-corrected chi connectivity index (χ4v) is 4.51. The molecule has 0 saturated heterocycles. The highest BCUT2D eigenvalue weighted by Crippen LogP contribution is 2.35. The number of amides is 2. The van der Waals surface area contributed by atoms with Crippen LogP contribution in [0.2, 0.25) is 0 Å². The third kappa shape index (κ3) is 5.19. The Morgan fingerprint density at radius 3 is 2.03 bits per heavy atom. The molecule has 0 fully saturated rings. The van der Waals surface area contributed by atoms with E-state index in [-0.39, 0.29) is 40.3 Å². The van der Waals surface area contributed by atoms with E-state index in [0.717, 1.165) is 22.5 Å². The van der Waals surface area contributed by atoms with E-state index in [9.17, 15) is 14.4 Å². The van der Waals surface area contributed by atoms with E-state index in [4.69, 9.17) is 10.5 Å². The first-order valence-corrected chi connectivity index (χ1v) is 10.7. The van der Waals surface area contributed by atoms with Crippen molar-refractivity contribution in [2.75, 3.05) is 11.9 Å². The number of benzene rings is 2. The fourth-order valence-electron chi connectivity index (χ4n) is 3.45. The first kappa shape index (κ1) is 22.2. The number of carbonyl (C=O) groups is 3. The Kier molecular flexibility index (Phi) is 7.20. The molecule has 160 valence electrons. The summed E-state index contributed by atoms with van der Waals surface area (Å²) >= 11 is 0.988. The van der Waals surface area contributed by atoms with Crippen LogP contribution in [-0.2, 0) is 9.53 Å². The molecule has 0 aliphatic heterocycles. The van der Waals surface area contributed by atoms with Gasteiger partial charge in [-0.2, -0.15) is 0 Å². The second-order valence-corrected chi connectivity index (χ2v) is 7.99. The largest absolute Gasteiger partial charge is 0.462 e. The predicted octanol–water partition coefficient (Wildman–Crippen LogP) is 4.49. The molecule has 0 unspecified atom stereocenters. The third-order valence-corrected chi connectivity index (χ3v) is 6.12. The van der Waals surface area contributed by atoms with Crippen LogP contribution in [0.4, 0.5) is 5.00 Å². The highest BCUT2D eigenvalue weighted by atomic mass is 32.1. The molecule has 0 aliphatic rings. The van der Waals surface area contributed by atoms with Crippen LogP contribution in [0.1, 0.15) is 56.0 Å². The molecule has 6 nitrogen and oxygen atoms in total. The van der Waals surface area contributed by atoms with Gasteiger partial charge in [0.25, 0.3) is 5.91 Å². The quantitative estimate of drug-likeness (QED) is 0.508. The summed E-state index contributed by atoms with van der Waals surface area (Å²) in [6.45, 7) is 3.49. The third-order valence-electron chi connectivity index (χ3n) is 4.90. The van der Waals surface area contributed by atoms with Crippen LogP contribution in [0.25, 0.3) is 0 Å². The van der Waals surface area contributed by atoms with Gasteiger partial charge in [-0.25, -0.2) is 4.79 Å². The number of anilines is 1. The van der Waals surface area contributed by atoms with Crippen LogP contribution >= 0.6 is 11.3 Å². The highest BCUT2D eigenvalue weighted by molar-refractivity contribution is 7.18. The van der Waals surface area contributed by atoms with Crippen LogP contribution in [0, 0.1) is 6.92 Å². The van der Waals surface area contributed by atoms with E-state index in [2.05, 4.69) is 5.32 Å². The molecule has 1 heterocycles. The summed E-state index contributed by atoms with van der Waals surface area (Å²) < 4.78 is 5.11. The minimum absolute atomic E-state index is 0.162. The molecule has 0 radical (unpaired) electrons. The summed E-state index contributed by atoms with van der Waals surface area (Å²) in [6, 6.07) is 19.5. The Labute approximate surface area is 185 Å². The molecule has 0 aliphatic carbocycles. The number of ether oxygens (including phenoxy) is 1. The molecule has 0 saturated carbocycles. The predicted molar refractivity (Wildman–Crippen MR) is 122 cm³/mol. The van der Waals surface area contributed by atoms with Crippen LogP contribution in [-0.4, -0.2) is 24.4 Å². The van der Waals surface area contributed by atoms with E-state index in [1.807, 2.05) is 60.7 Å². The molecule has 3 aromatic rings. The lowest BCUT2D eigenvalue weighted by Gasteiger charge is -2.18. The summed E-state index contributed by atoms with van der Waals surface area (Å²) in [5.74, 6) is -1.69. The van der Waals surface area contributed by atoms with Crippen molar-refractivity contribution in [3.63, 3.8) is 0 Å². The summed E-state index contributed by atoms with van der Waals surface area (Å²) in [4.78, 5) is 37.5. The van der Waals surface area contributed by atoms with Gasteiger partial charge in [-0.3, -0.25) is 9.59 Å². The van der Waals surface area contributed by atoms with Gasteiger partial charge in [0.15, 0.2) is 0 Å². The van der Waals surface area contributed by atoms with Crippen molar-refractivity contribution >= 4 is 34.1 Å². The lowest BCUT2D eigenvalue weighted by molar-refractivity contribution is -0.116. The van der Waals surface area contributed by atoms with E-state index in [1.165, 1.54) is 0 Å². The zero-order chi connectivity index (χ0) is 22.4. The number of hydrogen-bond acceptors (Lipinski definition) is 5. The first-order chi connectivity index (χ1) is 14.9. The van der Waals surface area contributed by atoms with Gasteiger partial charge in [0, 0.05) is 12.3 Å². The molecule has 0 bridgehead atoms. The minimum Gasteiger partial charge on any atom is -0.462 e. The lowest BCUT2D eigenvalue weighted by atomic mass is 9.88. The number of nitrogens with two attached hydrogens (primary N) is 1. The number of carbonyl (C=O) groups excluding carboxylic acids is 3. The van der Waals surface area contributed by atoms with Crippen molar-refractivity contribution in [1.29, 1.82) is 0 Å². The summed E-state index contributed by atoms with van der Waals surface area (Å²) in [5.41, 5.74) is 8.04. The standard InChI is InChI=1S/C24H24N2O4S/c1-3-30-24(29)20-15(2)21(22(25)28)31-23(20)26-19(27)14-18(16-10-6-4-7-11-16)17-12-8-5-9-13-17/h4-13,18H,3,14H2,1-2H3,(H2,25,28)(H,26,27). The maximum atomic E-state index is 13.0. The van der Waals surface area contributed by atoms with Crippen LogP contribution in [0.5, 0.6) is 0 Å². The van der Waals surface area contributed by atoms with Crippen molar-refractivity contribution in [3.05, 3.63) is 87.8 Å². The van der Waals surface area contributed by atoms with Crippen LogP contribution < -0.4 is 11.1 Å². The Hall–Kier alpha value is -3.45. The van der Waals surface area contributed by atoms with Crippen LogP contribution in [0.3, 0.4) is 0 Å². The van der Waals surface area contributed by atoms with Crippen molar-refractivity contribution in [2.45, 2.75) is 26.2 Å². The Morgan fingerprint density at radius 2 is 1.55 bits per heavy atom. The monoisotopic (exact) mass is 436 g/mol. The lowest BCUT2D eigenvalue weighted by Crippen LogP contribution is -2.18. The molecule has 7 heteroatoms. The topological polar surface area (TPSA) is 98.5 Å². The Morgan fingerprint density at radius 1 is 1.00 bits per heavy atom. The van der Waals surface area contributed by atoms with E-state index >= 15 is 0 Å². The smallest absolute Gasteiger partial charge is 0.341 e. The minimum atomic E-state index is -0.653. The maximum Gasteiger partial charge on any atom is 0.341 e. The number of primary amides is 1. The number of thiophene rings is 1.